The van der Waals surface area contributed by atoms with Crippen LogP contribution in [0.15, 0.2) is 12.3 Å². The summed E-state index contributed by atoms with van der Waals surface area (Å²) in [6.45, 7) is 8.11. The highest BCUT2D eigenvalue weighted by atomic mass is 15.3. The van der Waals surface area contributed by atoms with Crippen molar-refractivity contribution in [2.24, 2.45) is 7.05 Å². The Labute approximate surface area is 110 Å². The lowest BCUT2D eigenvalue weighted by Crippen LogP contribution is -2.45. The Kier molecular flexibility index (Phi) is 4.78. The van der Waals surface area contributed by atoms with Gasteiger partial charge in [-0.2, -0.15) is 5.10 Å². The minimum Gasteiger partial charge on any atom is -0.313 e. The summed E-state index contributed by atoms with van der Waals surface area (Å²) in [6, 6.07) is 3.50. The van der Waals surface area contributed by atoms with Crippen LogP contribution in [0.5, 0.6) is 0 Å². The molecule has 2 heterocycles. The molecule has 1 aliphatic heterocycles. The van der Waals surface area contributed by atoms with Gasteiger partial charge in [-0.15, -0.1) is 0 Å². The Bertz CT molecular complexity index is 350. The number of aryl methyl sites for hydroxylation is 1. The maximum absolute atomic E-state index is 4.19. The fourth-order valence-electron chi connectivity index (χ4n) is 2.67. The lowest BCUT2D eigenvalue weighted by atomic mass is 10.0. The summed E-state index contributed by atoms with van der Waals surface area (Å²) in [5.74, 6) is 0. The van der Waals surface area contributed by atoms with Gasteiger partial charge in [0.25, 0.3) is 0 Å². The van der Waals surface area contributed by atoms with Crippen LogP contribution in [0.1, 0.15) is 32.4 Å². The first kappa shape index (κ1) is 13.6. The predicted molar refractivity (Wildman–Crippen MR) is 74.6 cm³/mol. The minimum absolute atomic E-state index is 0.695. The van der Waals surface area contributed by atoms with E-state index in [1.54, 1.807) is 0 Å². The van der Waals surface area contributed by atoms with Gasteiger partial charge in [0.2, 0.25) is 0 Å². The number of hydrogen-bond donors (Lipinski definition) is 1. The molecule has 1 aliphatic rings. The molecule has 4 heteroatoms. The molecule has 0 radical (unpaired) electrons. The molecule has 0 spiro atoms. The van der Waals surface area contributed by atoms with Crippen molar-refractivity contribution in [1.29, 1.82) is 0 Å². The predicted octanol–water partition coefficient (Wildman–Crippen LogP) is 1.42. The monoisotopic (exact) mass is 250 g/mol. The van der Waals surface area contributed by atoms with Crippen molar-refractivity contribution in [2.45, 2.75) is 45.2 Å². The van der Waals surface area contributed by atoms with E-state index in [-0.39, 0.29) is 0 Å². The van der Waals surface area contributed by atoms with Crippen LogP contribution in [0, 0.1) is 0 Å². The molecule has 0 atom stereocenters. The zero-order valence-corrected chi connectivity index (χ0v) is 11.9. The average molecular weight is 250 g/mol. The maximum Gasteiger partial charge on any atom is 0.0492 e. The number of hydrogen-bond acceptors (Lipinski definition) is 3. The van der Waals surface area contributed by atoms with Crippen molar-refractivity contribution in [3.63, 3.8) is 0 Å². The van der Waals surface area contributed by atoms with E-state index in [4.69, 9.17) is 0 Å². The van der Waals surface area contributed by atoms with Crippen LogP contribution in [0.4, 0.5) is 0 Å². The molecule has 1 saturated heterocycles. The number of nitrogens with zero attached hydrogens (tertiary/aromatic N) is 3. The molecule has 2 rings (SSSR count). The van der Waals surface area contributed by atoms with E-state index in [0.717, 1.165) is 13.0 Å². The molecule has 0 unspecified atom stereocenters. The van der Waals surface area contributed by atoms with Gasteiger partial charge in [-0.05, 0) is 45.8 Å². The summed E-state index contributed by atoms with van der Waals surface area (Å²) < 4.78 is 1.96. The van der Waals surface area contributed by atoms with Crippen LogP contribution < -0.4 is 5.32 Å². The molecule has 1 N–H and O–H groups in total. The van der Waals surface area contributed by atoms with Gasteiger partial charge >= 0.3 is 0 Å². The van der Waals surface area contributed by atoms with Crippen LogP contribution in [0.2, 0.25) is 0 Å². The SMILES string of the molecule is CC(C)N1CCC(NCCc2ccnn2C)CC1. The zero-order chi connectivity index (χ0) is 13.0. The van der Waals surface area contributed by atoms with Crippen molar-refractivity contribution in [2.75, 3.05) is 19.6 Å². The molecule has 0 saturated carbocycles. The number of rotatable bonds is 5. The van der Waals surface area contributed by atoms with Crippen LogP contribution in [-0.2, 0) is 13.5 Å². The quantitative estimate of drug-likeness (QED) is 0.858. The zero-order valence-electron chi connectivity index (χ0n) is 11.9. The Balaban J connectivity index is 1.65. The third-order valence-corrected chi connectivity index (χ3v) is 4.00. The van der Waals surface area contributed by atoms with Gasteiger partial charge in [0.1, 0.15) is 0 Å². The summed E-state index contributed by atoms with van der Waals surface area (Å²) in [4.78, 5) is 2.57. The van der Waals surface area contributed by atoms with E-state index in [9.17, 15) is 0 Å². The molecule has 1 fully saturated rings. The number of nitrogens with one attached hydrogen (secondary N) is 1. The molecular weight excluding hydrogens is 224 g/mol. The van der Waals surface area contributed by atoms with Gasteiger partial charge in [0.05, 0.1) is 0 Å². The van der Waals surface area contributed by atoms with E-state index < -0.39 is 0 Å². The second kappa shape index (κ2) is 6.34. The van der Waals surface area contributed by atoms with Crippen LogP contribution in [0.3, 0.4) is 0 Å². The van der Waals surface area contributed by atoms with Crippen LogP contribution >= 0.6 is 0 Å². The topological polar surface area (TPSA) is 33.1 Å². The highest BCUT2D eigenvalue weighted by molar-refractivity contribution is 5.00. The van der Waals surface area contributed by atoms with Gasteiger partial charge in [-0.25, -0.2) is 0 Å². The Morgan fingerprint density at radius 3 is 2.67 bits per heavy atom. The third kappa shape index (κ3) is 3.56. The van der Waals surface area contributed by atoms with E-state index in [2.05, 4.69) is 35.2 Å². The van der Waals surface area contributed by atoms with Crippen molar-refractivity contribution < 1.29 is 0 Å². The summed E-state index contributed by atoms with van der Waals surface area (Å²) in [5, 5.41) is 7.87. The Morgan fingerprint density at radius 1 is 1.39 bits per heavy atom. The molecule has 0 amide bonds. The molecule has 0 aromatic carbocycles. The summed E-state index contributed by atoms with van der Waals surface area (Å²) >= 11 is 0. The normalized spacial score (nSPS) is 18.7. The average Bonchev–Trinajstić information content (AvgIpc) is 2.76. The van der Waals surface area contributed by atoms with Crippen molar-refractivity contribution >= 4 is 0 Å². The first-order valence-electron chi connectivity index (χ1n) is 7.11. The van der Waals surface area contributed by atoms with E-state index in [1.807, 2.05) is 17.9 Å². The Hall–Kier alpha value is -0.870. The lowest BCUT2D eigenvalue weighted by Gasteiger charge is -2.35. The van der Waals surface area contributed by atoms with Gasteiger partial charge in [0, 0.05) is 44.0 Å². The van der Waals surface area contributed by atoms with Crippen LogP contribution in [-0.4, -0.2) is 46.4 Å². The first-order valence-corrected chi connectivity index (χ1v) is 7.11. The molecule has 0 bridgehead atoms. The highest BCUT2D eigenvalue weighted by Gasteiger charge is 2.19. The van der Waals surface area contributed by atoms with Gasteiger partial charge in [-0.1, -0.05) is 0 Å². The summed E-state index contributed by atoms with van der Waals surface area (Å²) in [5.41, 5.74) is 1.31. The fraction of sp³-hybridized carbons (Fsp3) is 0.786. The Morgan fingerprint density at radius 2 is 2.11 bits per heavy atom. The number of piperidine rings is 1. The van der Waals surface area contributed by atoms with Crippen molar-refractivity contribution in [1.82, 2.24) is 20.0 Å². The minimum atomic E-state index is 0.695. The van der Waals surface area contributed by atoms with Crippen LogP contribution in [0.25, 0.3) is 0 Å². The number of likely N-dealkylation sites (tertiary alicyclic amines) is 1. The standard InChI is InChI=1S/C14H26N4/c1-12(2)18-10-6-13(7-11-18)15-8-4-14-5-9-16-17(14)3/h5,9,12-13,15H,4,6-8,10-11H2,1-3H3. The third-order valence-electron chi connectivity index (χ3n) is 4.00. The maximum atomic E-state index is 4.19. The molecule has 1 aromatic rings. The second-order valence-corrected chi connectivity index (χ2v) is 5.55. The van der Waals surface area contributed by atoms with E-state index in [0.29, 0.717) is 12.1 Å². The smallest absolute Gasteiger partial charge is 0.0492 e. The van der Waals surface area contributed by atoms with Crippen molar-refractivity contribution in [3.8, 4) is 0 Å². The van der Waals surface area contributed by atoms with Crippen molar-refractivity contribution in [3.05, 3.63) is 18.0 Å². The molecule has 1 aromatic heterocycles. The highest BCUT2D eigenvalue weighted by Crippen LogP contribution is 2.12. The summed E-state index contributed by atoms with van der Waals surface area (Å²) in [7, 11) is 2.01. The van der Waals surface area contributed by atoms with Gasteiger partial charge < -0.3 is 10.2 Å². The second-order valence-electron chi connectivity index (χ2n) is 5.55. The van der Waals surface area contributed by atoms with E-state index >= 15 is 0 Å². The van der Waals surface area contributed by atoms with E-state index in [1.165, 1.54) is 31.6 Å². The first-order chi connectivity index (χ1) is 8.66. The fourth-order valence-corrected chi connectivity index (χ4v) is 2.67. The molecular formula is C14H26N4. The number of aromatic nitrogens is 2. The largest absolute Gasteiger partial charge is 0.313 e. The molecule has 4 nitrogen and oxygen atoms in total. The van der Waals surface area contributed by atoms with Gasteiger partial charge in [0.15, 0.2) is 0 Å². The lowest BCUT2D eigenvalue weighted by molar-refractivity contribution is 0.161. The van der Waals surface area contributed by atoms with Gasteiger partial charge in [-0.3, -0.25) is 4.68 Å². The molecule has 102 valence electrons. The summed E-state index contributed by atoms with van der Waals surface area (Å²) in [6.07, 6.45) is 5.50. The molecule has 0 aliphatic carbocycles. The molecule has 18 heavy (non-hydrogen) atoms.